The van der Waals surface area contributed by atoms with E-state index in [2.05, 4.69) is 10.3 Å². The van der Waals surface area contributed by atoms with Gasteiger partial charge in [0.05, 0.1) is 36.0 Å². The molecule has 1 aliphatic heterocycles. The molecule has 1 N–H and O–H groups in total. The third-order valence-electron chi connectivity index (χ3n) is 5.61. The highest BCUT2D eigenvalue weighted by molar-refractivity contribution is 6.30. The van der Waals surface area contributed by atoms with Crippen molar-refractivity contribution < 1.29 is 4.74 Å². The second-order valence-corrected chi connectivity index (χ2v) is 8.27. The molecule has 0 unspecified atom stereocenters. The fourth-order valence-electron chi connectivity index (χ4n) is 3.66. The molecule has 2 aromatic heterocycles. The Morgan fingerprint density at radius 2 is 1.74 bits per heavy atom. The highest BCUT2D eigenvalue weighted by Crippen LogP contribution is 2.28. The van der Waals surface area contributed by atoms with E-state index < -0.39 is 0 Å². The summed E-state index contributed by atoms with van der Waals surface area (Å²) in [6.07, 6.45) is 1.68. The Labute approximate surface area is 184 Å². The van der Waals surface area contributed by atoms with Gasteiger partial charge in [-0.2, -0.15) is 9.78 Å². The molecule has 0 spiro atoms. The third-order valence-corrected chi connectivity index (χ3v) is 5.86. The zero-order valence-corrected chi connectivity index (χ0v) is 18.0. The van der Waals surface area contributed by atoms with E-state index in [1.54, 1.807) is 12.3 Å². The maximum absolute atomic E-state index is 13.4. The molecule has 1 fully saturated rings. The number of anilines is 1. The second kappa shape index (κ2) is 7.80. The van der Waals surface area contributed by atoms with E-state index in [1.165, 1.54) is 4.68 Å². The Balaban J connectivity index is 1.72. The van der Waals surface area contributed by atoms with Gasteiger partial charge >= 0.3 is 0 Å². The Kier molecular flexibility index (Phi) is 4.96. The molecule has 0 radical (unpaired) electrons. The van der Waals surface area contributed by atoms with Crippen molar-refractivity contribution in [1.29, 1.82) is 0 Å². The quantitative estimate of drug-likeness (QED) is 0.513. The SMILES string of the molecule is Cc1cc2c(-c3ccc(Cl)cc3)nn(-c3ccnc(NC4COC4)c3)c(=O)c2cc1C. The highest BCUT2D eigenvalue weighted by Gasteiger charge is 2.19. The molecule has 1 saturated heterocycles. The molecular formula is C24H21ClN4O2. The first-order valence-electron chi connectivity index (χ1n) is 10.1. The van der Waals surface area contributed by atoms with Crippen molar-refractivity contribution >= 4 is 28.2 Å². The van der Waals surface area contributed by atoms with Crippen LogP contribution >= 0.6 is 11.6 Å². The lowest BCUT2D eigenvalue weighted by atomic mass is 10.00. The van der Waals surface area contributed by atoms with E-state index in [4.69, 9.17) is 21.4 Å². The maximum Gasteiger partial charge on any atom is 0.279 e. The van der Waals surface area contributed by atoms with Crippen LogP contribution in [0.1, 0.15) is 11.1 Å². The van der Waals surface area contributed by atoms with Crippen molar-refractivity contribution in [3.05, 3.63) is 81.2 Å². The molecule has 3 heterocycles. The van der Waals surface area contributed by atoms with E-state index in [0.717, 1.165) is 27.8 Å². The summed E-state index contributed by atoms with van der Waals surface area (Å²) in [7, 11) is 0. The van der Waals surface area contributed by atoms with Crippen LogP contribution in [0.2, 0.25) is 5.02 Å². The first-order chi connectivity index (χ1) is 15.0. The topological polar surface area (TPSA) is 69.0 Å². The van der Waals surface area contributed by atoms with Gasteiger partial charge in [0.1, 0.15) is 5.82 Å². The summed E-state index contributed by atoms with van der Waals surface area (Å²) in [6, 6.07) is 15.3. The molecule has 7 heteroatoms. The van der Waals surface area contributed by atoms with Gasteiger partial charge in [0, 0.05) is 28.2 Å². The minimum atomic E-state index is -0.167. The number of aryl methyl sites for hydroxylation is 2. The number of ether oxygens (including phenoxy) is 1. The zero-order chi connectivity index (χ0) is 21.5. The standard InChI is InChI=1S/C24H21ClN4O2/c1-14-9-20-21(10-15(14)2)24(30)29(28-23(20)16-3-5-17(25)6-4-16)19-7-8-26-22(11-19)27-18-12-31-13-18/h3-11,18H,12-13H2,1-2H3,(H,26,27). The molecule has 0 bridgehead atoms. The fraction of sp³-hybridized carbons (Fsp3) is 0.208. The molecular weight excluding hydrogens is 412 g/mol. The fourth-order valence-corrected chi connectivity index (χ4v) is 3.78. The number of benzene rings is 2. The predicted molar refractivity (Wildman–Crippen MR) is 123 cm³/mol. The number of fused-ring (bicyclic) bond motifs is 1. The van der Waals surface area contributed by atoms with Crippen LogP contribution < -0.4 is 10.9 Å². The minimum Gasteiger partial charge on any atom is -0.377 e. The molecule has 6 nitrogen and oxygen atoms in total. The lowest BCUT2D eigenvalue weighted by Gasteiger charge is -2.27. The van der Waals surface area contributed by atoms with Crippen LogP contribution in [0.15, 0.2) is 59.5 Å². The first kappa shape index (κ1) is 19.7. The molecule has 2 aromatic carbocycles. The number of hydrogen-bond donors (Lipinski definition) is 1. The van der Waals surface area contributed by atoms with Crippen molar-refractivity contribution in [1.82, 2.24) is 14.8 Å². The van der Waals surface area contributed by atoms with Crippen LogP contribution in [0.5, 0.6) is 0 Å². The average molecular weight is 433 g/mol. The van der Waals surface area contributed by atoms with Crippen molar-refractivity contribution in [2.45, 2.75) is 19.9 Å². The normalized spacial score (nSPS) is 13.9. The van der Waals surface area contributed by atoms with Gasteiger partial charge in [-0.15, -0.1) is 0 Å². The number of hydrogen-bond acceptors (Lipinski definition) is 5. The van der Waals surface area contributed by atoms with Gasteiger partial charge in [-0.1, -0.05) is 23.7 Å². The Bertz CT molecular complexity index is 1340. The van der Waals surface area contributed by atoms with Crippen molar-refractivity contribution in [2.24, 2.45) is 0 Å². The van der Waals surface area contributed by atoms with Crippen molar-refractivity contribution in [3.8, 4) is 16.9 Å². The summed E-state index contributed by atoms with van der Waals surface area (Å²) >= 11 is 6.09. The second-order valence-electron chi connectivity index (χ2n) is 7.83. The summed E-state index contributed by atoms with van der Waals surface area (Å²) in [6.45, 7) is 5.35. The Morgan fingerprint density at radius 1 is 1.03 bits per heavy atom. The smallest absolute Gasteiger partial charge is 0.279 e. The minimum absolute atomic E-state index is 0.167. The summed E-state index contributed by atoms with van der Waals surface area (Å²) in [5, 5.41) is 10.2. The van der Waals surface area contributed by atoms with Crippen LogP contribution in [0.3, 0.4) is 0 Å². The van der Waals surface area contributed by atoms with E-state index in [0.29, 0.717) is 35.1 Å². The Hall–Kier alpha value is -3.22. The van der Waals surface area contributed by atoms with Crippen LogP contribution in [0.4, 0.5) is 5.82 Å². The van der Waals surface area contributed by atoms with Gasteiger partial charge in [-0.25, -0.2) is 4.98 Å². The lowest BCUT2D eigenvalue weighted by Crippen LogP contribution is -2.40. The number of nitrogens with zero attached hydrogens (tertiary/aromatic N) is 3. The molecule has 0 saturated carbocycles. The number of nitrogens with one attached hydrogen (secondary N) is 1. The van der Waals surface area contributed by atoms with Crippen molar-refractivity contribution in [3.63, 3.8) is 0 Å². The summed E-state index contributed by atoms with van der Waals surface area (Å²) in [5.41, 5.74) is 4.28. The number of rotatable bonds is 4. The predicted octanol–water partition coefficient (Wildman–Crippen LogP) is 4.53. The van der Waals surface area contributed by atoms with Gasteiger partial charge in [-0.3, -0.25) is 4.79 Å². The summed E-state index contributed by atoms with van der Waals surface area (Å²) in [4.78, 5) is 17.8. The van der Waals surface area contributed by atoms with E-state index in [1.807, 2.05) is 56.3 Å². The van der Waals surface area contributed by atoms with Gasteiger partial charge in [-0.05, 0) is 55.3 Å². The van der Waals surface area contributed by atoms with E-state index in [9.17, 15) is 4.79 Å². The first-order valence-corrected chi connectivity index (χ1v) is 10.5. The molecule has 4 aromatic rings. The zero-order valence-electron chi connectivity index (χ0n) is 17.2. The van der Waals surface area contributed by atoms with E-state index >= 15 is 0 Å². The number of aromatic nitrogens is 3. The molecule has 0 atom stereocenters. The molecule has 0 amide bonds. The molecule has 156 valence electrons. The van der Waals surface area contributed by atoms with Gasteiger partial charge in [0.25, 0.3) is 5.56 Å². The largest absolute Gasteiger partial charge is 0.377 e. The van der Waals surface area contributed by atoms with Crippen LogP contribution in [-0.4, -0.2) is 34.0 Å². The van der Waals surface area contributed by atoms with E-state index in [-0.39, 0.29) is 11.6 Å². The van der Waals surface area contributed by atoms with Crippen LogP contribution in [0, 0.1) is 13.8 Å². The third kappa shape index (κ3) is 3.69. The van der Waals surface area contributed by atoms with Gasteiger partial charge in [0.2, 0.25) is 0 Å². The molecule has 0 aliphatic carbocycles. The lowest BCUT2D eigenvalue weighted by molar-refractivity contribution is 0.0209. The monoisotopic (exact) mass is 432 g/mol. The number of pyridine rings is 1. The molecule has 1 aliphatic rings. The van der Waals surface area contributed by atoms with Crippen molar-refractivity contribution in [2.75, 3.05) is 18.5 Å². The summed E-state index contributed by atoms with van der Waals surface area (Å²) in [5.74, 6) is 0.688. The molecule has 31 heavy (non-hydrogen) atoms. The average Bonchev–Trinajstić information content (AvgIpc) is 2.74. The van der Waals surface area contributed by atoms with Gasteiger partial charge in [0.15, 0.2) is 0 Å². The maximum atomic E-state index is 13.4. The summed E-state index contributed by atoms with van der Waals surface area (Å²) < 4.78 is 6.67. The highest BCUT2D eigenvalue weighted by atomic mass is 35.5. The Morgan fingerprint density at radius 3 is 2.42 bits per heavy atom. The van der Waals surface area contributed by atoms with Crippen LogP contribution in [0.25, 0.3) is 27.7 Å². The van der Waals surface area contributed by atoms with Crippen LogP contribution in [-0.2, 0) is 4.74 Å². The molecule has 5 rings (SSSR count). The number of halogens is 1. The van der Waals surface area contributed by atoms with Gasteiger partial charge < -0.3 is 10.1 Å².